The van der Waals surface area contributed by atoms with Gasteiger partial charge in [-0.05, 0) is 56.4 Å². The molecule has 0 aromatic heterocycles. The van der Waals surface area contributed by atoms with Gasteiger partial charge in [0.25, 0.3) is 0 Å². The second-order valence-corrected chi connectivity index (χ2v) is 5.04. The number of ether oxygens (including phenoxy) is 1. The number of rotatable bonds is 3. The van der Waals surface area contributed by atoms with Crippen LogP contribution < -0.4 is 5.32 Å². The summed E-state index contributed by atoms with van der Waals surface area (Å²) in [6.45, 7) is 4.91. The third-order valence-corrected chi connectivity index (χ3v) is 3.48. The summed E-state index contributed by atoms with van der Waals surface area (Å²) in [5, 5.41) is 2.94. The van der Waals surface area contributed by atoms with Crippen LogP contribution in [0.3, 0.4) is 0 Å². The Morgan fingerprint density at radius 3 is 2.83 bits per heavy atom. The Balaban J connectivity index is 1.88. The van der Waals surface area contributed by atoms with Gasteiger partial charge in [0.2, 0.25) is 5.91 Å². The Bertz CT molecular complexity index is 423. The highest BCUT2D eigenvalue weighted by molar-refractivity contribution is 5.91. The summed E-state index contributed by atoms with van der Waals surface area (Å²) >= 11 is 0. The van der Waals surface area contributed by atoms with Gasteiger partial charge in [0.1, 0.15) is 0 Å². The highest BCUT2D eigenvalue weighted by Gasteiger charge is 2.17. The van der Waals surface area contributed by atoms with Crippen LogP contribution in [0.25, 0.3) is 0 Å². The minimum Gasteiger partial charge on any atom is -0.378 e. The zero-order valence-electron chi connectivity index (χ0n) is 11.2. The van der Waals surface area contributed by atoms with Crippen LogP contribution in [0.2, 0.25) is 0 Å². The lowest BCUT2D eigenvalue weighted by molar-refractivity contribution is -0.119. The molecule has 1 aliphatic rings. The average Bonchev–Trinajstić information content (AvgIpc) is 2.35. The normalized spacial score (nSPS) is 19.6. The lowest BCUT2D eigenvalue weighted by Crippen LogP contribution is -2.25. The molecule has 2 rings (SSSR count). The van der Waals surface area contributed by atoms with Crippen LogP contribution in [0.5, 0.6) is 0 Å². The predicted octanol–water partition coefficient (Wildman–Crippen LogP) is 3.20. The smallest absolute Gasteiger partial charge is 0.226 e. The first-order valence-corrected chi connectivity index (χ1v) is 6.64. The van der Waals surface area contributed by atoms with Crippen molar-refractivity contribution in [1.29, 1.82) is 0 Å². The Kier molecular flexibility index (Phi) is 4.37. The minimum absolute atomic E-state index is 0.0464. The Labute approximate surface area is 109 Å². The van der Waals surface area contributed by atoms with Gasteiger partial charge in [0, 0.05) is 12.3 Å². The number of benzene rings is 1. The van der Waals surface area contributed by atoms with Crippen molar-refractivity contribution in [3.8, 4) is 0 Å². The van der Waals surface area contributed by atoms with E-state index in [4.69, 9.17) is 4.74 Å². The molecule has 1 N–H and O–H groups in total. The maximum atomic E-state index is 11.9. The highest BCUT2D eigenvalue weighted by Crippen LogP contribution is 2.18. The minimum atomic E-state index is 0.0464. The third kappa shape index (κ3) is 3.57. The molecule has 0 aliphatic carbocycles. The molecule has 1 amide bonds. The maximum absolute atomic E-state index is 11.9. The van der Waals surface area contributed by atoms with Crippen molar-refractivity contribution in [3.63, 3.8) is 0 Å². The van der Waals surface area contributed by atoms with E-state index in [9.17, 15) is 4.79 Å². The third-order valence-electron chi connectivity index (χ3n) is 3.48. The number of hydrogen-bond acceptors (Lipinski definition) is 2. The SMILES string of the molecule is Cc1ccc(NC(=O)CC2CCCCO2)cc1C. The van der Waals surface area contributed by atoms with Crippen LogP contribution in [-0.4, -0.2) is 18.6 Å². The quantitative estimate of drug-likeness (QED) is 0.890. The molecule has 18 heavy (non-hydrogen) atoms. The Morgan fingerprint density at radius 1 is 1.33 bits per heavy atom. The number of aryl methyl sites for hydroxylation is 2. The zero-order valence-corrected chi connectivity index (χ0v) is 11.2. The van der Waals surface area contributed by atoms with Gasteiger partial charge in [-0.1, -0.05) is 6.07 Å². The molecule has 1 unspecified atom stereocenters. The lowest BCUT2D eigenvalue weighted by Gasteiger charge is -2.22. The maximum Gasteiger partial charge on any atom is 0.226 e. The predicted molar refractivity (Wildman–Crippen MR) is 72.8 cm³/mol. The molecule has 0 bridgehead atoms. The van der Waals surface area contributed by atoms with E-state index in [0.717, 1.165) is 25.1 Å². The van der Waals surface area contributed by atoms with Gasteiger partial charge in [-0.25, -0.2) is 0 Å². The van der Waals surface area contributed by atoms with E-state index in [1.54, 1.807) is 0 Å². The standard InChI is InChI=1S/C15H21NO2/c1-11-6-7-13(9-12(11)2)16-15(17)10-14-5-3-4-8-18-14/h6-7,9,14H,3-5,8,10H2,1-2H3,(H,16,17). The number of carbonyl (C=O) groups is 1. The fourth-order valence-corrected chi connectivity index (χ4v) is 2.21. The number of hydrogen-bond donors (Lipinski definition) is 1. The van der Waals surface area contributed by atoms with Gasteiger partial charge >= 0.3 is 0 Å². The molecule has 1 saturated heterocycles. The molecule has 1 atom stereocenters. The molecule has 0 saturated carbocycles. The summed E-state index contributed by atoms with van der Waals surface area (Å²) in [6, 6.07) is 5.99. The fraction of sp³-hybridized carbons (Fsp3) is 0.533. The van der Waals surface area contributed by atoms with Gasteiger partial charge in [0.15, 0.2) is 0 Å². The molecule has 3 nitrogen and oxygen atoms in total. The molecule has 1 aromatic rings. The van der Waals surface area contributed by atoms with Crippen molar-refractivity contribution in [2.24, 2.45) is 0 Å². The molecule has 1 heterocycles. The molecule has 1 aliphatic heterocycles. The van der Waals surface area contributed by atoms with E-state index in [-0.39, 0.29) is 12.0 Å². The molecule has 0 spiro atoms. The van der Waals surface area contributed by atoms with E-state index < -0.39 is 0 Å². The summed E-state index contributed by atoms with van der Waals surface area (Å²) in [6.07, 6.45) is 3.86. The van der Waals surface area contributed by atoms with Crippen LogP contribution in [0.15, 0.2) is 18.2 Å². The van der Waals surface area contributed by atoms with Gasteiger partial charge in [-0.15, -0.1) is 0 Å². The van der Waals surface area contributed by atoms with Crippen LogP contribution in [-0.2, 0) is 9.53 Å². The summed E-state index contributed by atoms with van der Waals surface area (Å²) < 4.78 is 5.57. The van der Waals surface area contributed by atoms with Crippen LogP contribution in [0.1, 0.15) is 36.8 Å². The summed E-state index contributed by atoms with van der Waals surface area (Å²) in [5.41, 5.74) is 3.31. The van der Waals surface area contributed by atoms with Gasteiger partial charge in [-0.3, -0.25) is 4.79 Å². The molecule has 3 heteroatoms. The average molecular weight is 247 g/mol. The number of anilines is 1. The van der Waals surface area contributed by atoms with Gasteiger partial charge in [0.05, 0.1) is 12.5 Å². The van der Waals surface area contributed by atoms with Crippen molar-refractivity contribution >= 4 is 11.6 Å². The largest absolute Gasteiger partial charge is 0.378 e. The Morgan fingerprint density at radius 2 is 2.17 bits per heavy atom. The molecule has 98 valence electrons. The van der Waals surface area contributed by atoms with E-state index in [0.29, 0.717) is 6.42 Å². The molecule has 1 fully saturated rings. The van der Waals surface area contributed by atoms with Gasteiger partial charge < -0.3 is 10.1 Å². The molecular formula is C15H21NO2. The van der Waals surface area contributed by atoms with Crippen LogP contribution >= 0.6 is 0 Å². The van der Waals surface area contributed by atoms with E-state index in [1.807, 2.05) is 18.2 Å². The van der Waals surface area contributed by atoms with Crippen molar-refractivity contribution in [2.75, 3.05) is 11.9 Å². The monoisotopic (exact) mass is 247 g/mol. The number of amides is 1. The van der Waals surface area contributed by atoms with Crippen LogP contribution in [0.4, 0.5) is 5.69 Å². The zero-order chi connectivity index (χ0) is 13.0. The first kappa shape index (κ1) is 13.1. The van der Waals surface area contributed by atoms with E-state index >= 15 is 0 Å². The topological polar surface area (TPSA) is 38.3 Å². The van der Waals surface area contributed by atoms with Crippen molar-refractivity contribution < 1.29 is 9.53 Å². The highest BCUT2D eigenvalue weighted by atomic mass is 16.5. The first-order chi connectivity index (χ1) is 8.65. The van der Waals surface area contributed by atoms with Crippen molar-refractivity contribution in [1.82, 2.24) is 0 Å². The first-order valence-electron chi connectivity index (χ1n) is 6.64. The number of nitrogens with one attached hydrogen (secondary N) is 1. The molecular weight excluding hydrogens is 226 g/mol. The van der Waals surface area contributed by atoms with E-state index in [2.05, 4.69) is 19.2 Å². The summed E-state index contributed by atoms with van der Waals surface area (Å²) in [5.74, 6) is 0.0464. The van der Waals surface area contributed by atoms with Crippen molar-refractivity contribution in [2.45, 2.75) is 45.6 Å². The Hall–Kier alpha value is -1.35. The van der Waals surface area contributed by atoms with Crippen LogP contribution in [0, 0.1) is 13.8 Å². The summed E-state index contributed by atoms with van der Waals surface area (Å²) in [7, 11) is 0. The number of carbonyl (C=O) groups excluding carboxylic acids is 1. The van der Waals surface area contributed by atoms with E-state index in [1.165, 1.54) is 17.5 Å². The van der Waals surface area contributed by atoms with Crippen molar-refractivity contribution in [3.05, 3.63) is 29.3 Å². The van der Waals surface area contributed by atoms with Gasteiger partial charge in [-0.2, -0.15) is 0 Å². The fourth-order valence-electron chi connectivity index (χ4n) is 2.21. The molecule has 1 aromatic carbocycles. The second-order valence-electron chi connectivity index (χ2n) is 5.04. The second kappa shape index (κ2) is 6.01. The summed E-state index contributed by atoms with van der Waals surface area (Å²) in [4.78, 5) is 11.9. The molecule has 0 radical (unpaired) electrons. The lowest BCUT2D eigenvalue weighted by atomic mass is 10.1.